The van der Waals surface area contributed by atoms with E-state index < -0.39 is 0 Å². The molecule has 0 saturated carbocycles. The van der Waals surface area contributed by atoms with Crippen molar-refractivity contribution >= 4 is 29.2 Å². The largest absolute Gasteiger partial charge is 0.383 e. The van der Waals surface area contributed by atoms with Crippen LogP contribution in [0.3, 0.4) is 0 Å². The fourth-order valence-electron chi connectivity index (χ4n) is 1.94. The summed E-state index contributed by atoms with van der Waals surface area (Å²) in [6.45, 7) is 4.53. The molecule has 2 rings (SSSR count). The first kappa shape index (κ1) is 15.2. The molecule has 1 N–H and O–H groups in total. The lowest BCUT2D eigenvalue weighted by molar-refractivity contribution is 0.190. The molecule has 1 aromatic carbocycles. The summed E-state index contributed by atoms with van der Waals surface area (Å²) in [5, 5.41) is 4.58. The van der Waals surface area contributed by atoms with Gasteiger partial charge in [-0.3, -0.25) is 4.57 Å². The number of nitrogens with one attached hydrogen (secondary N) is 1. The van der Waals surface area contributed by atoms with Gasteiger partial charge in [0.1, 0.15) is 0 Å². The number of aromatic nitrogens is 2. The number of rotatable bonds is 5. The predicted molar refractivity (Wildman–Crippen MR) is 83.3 cm³/mol. The Morgan fingerprint density at radius 2 is 2.10 bits per heavy atom. The molecule has 0 fully saturated rings. The number of imidazole rings is 1. The highest BCUT2D eigenvalue weighted by atomic mass is 35.5. The zero-order chi connectivity index (χ0) is 14.7. The molecule has 108 valence electrons. The zero-order valence-corrected chi connectivity index (χ0v) is 13.2. The summed E-state index contributed by atoms with van der Waals surface area (Å²) in [5.41, 5.74) is 1.75. The third-order valence-corrected chi connectivity index (χ3v) is 3.63. The van der Waals surface area contributed by atoms with E-state index >= 15 is 0 Å². The summed E-state index contributed by atoms with van der Waals surface area (Å²) >= 11 is 12.5. The maximum Gasteiger partial charge on any atom is 0.207 e. The number of methoxy groups -OCH3 is 1. The predicted octanol–water partition coefficient (Wildman–Crippen LogP) is 3.93. The van der Waals surface area contributed by atoms with Crippen molar-refractivity contribution in [2.75, 3.05) is 19.0 Å². The fraction of sp³-hybridized carbons (Fsp3) is 0.357. The molecule has 0 saturated heterocycles. The molecule has 0 spiro atoms. The quantitative estimate of drug-likeness (QED) is 0.909. The average molecular weight is 314 g/mol. The molecular formula is C14H17Cl2N3O. The van der Waals surface area contributed by atoms with Crippen LogP contribution in [0.4, 0.5) is 5.95 Å². The van der Waals surface area contributed by atoms with Crippen molar-refractivity contribution < 1.29 is 4.74 Å². The van der Waals surface area contributed by atoms with Crippen molar-refractivity contribution in [3.05, 3.63) is 40.1 Å². The lowest BCUT2D eigenvalue weighted by atomic mass is 10.2. The molecule has 1 unspecified atom stereocenters. The molecule has 0 aliphatic heterocycles. The first-order chi connectivity index (χ1) is 9.52. The van der Waals surface area contributed by atoms with Crippen molar-refractivity contribution in [3.8, 4) is 5.69 Å². The number of hydrogen-bond donors (Lipinski definition) is 1. The third kappa shape index (κ3) is 3.26. The van der Waals surface area contributed by atoms with Gasteiger partial charge in [0.25, 0.3) is 0 Å². The van der Waals surface area contributed by atoms with Crippen LogP contribution >= 0.6 is 23.2 Å². The van der Waals surface area contributed by atoms with E-state index in [0.29, 0.717) is 22.6 Å². The minimum atomic E-state index is 0.140. The van der Waals surface area contributed by atoms with Gasteiger partial charge in [0.2, 0.25) is 5.95 Å². The number of hydrogen-bond acceptors (Lipinski definition) is 3. The number of benzene rings is 1. The second kappa shape index (κ2) is 6.48. The molecule has 4 nitrogen and oxygen atoms in total. The van der Waals surface area contributed by atoms with Gasteiger partial charge in [0.15, 0.2) is 0 Å². The Labute approximate surface area is 128 Å². The van der Waals surface area contributed by atoms with Crippen LogP contribution in [-0.2, 0) is 4.74 Å². The highest BCUT2D eigenvalue weighted by molar-refractivity contribution is 6.35. The molecule has 1 atom stereocenters. The first-order valence-corrected chi connectivity index (χ1v) is 7.03. The van der Waals surface area contributed by atoms with Gasteiger partial charge in [-0.1, -0.05) is 23.2 Å². The van der Waals surface area contributed by atoms with Gasteiger partial charge in [-0.15, -0.1) is 0 Å². The van der Waals surface area contributed by atoms with Gasteiger partial charge in [-0.2, -0.15) is 0 Å². The van der Waals surface area contributed by atoms with Gasteiger partial charge in [0.05, 0.1) is 17.3 Å². The molecule has 0 aliphatic rings. The zero-order valence-electron chi connectivity index (χ0n) is 11.7. The Morgan fingerprint density at radius 1 is 1.35 bits per heavy atom. The van der Waals surface area contributed by atoms with Crippen LogP contribution in [0.25, 0.3) is 5.69 Å². The van der Waals surface area contributed by atoms with Crippen molar-refractivity contribution in [1.82, 2.24) is 9.55 Å². The standard InChI is InChI=1S/C14H17Cl2N3O/c1-9-6-12(16)13(7-11(9)15)19-5-4-17-14(19)18-10(2)8-20-3/h4-7,10H,8H2,1-3H3,(H,17,18). The second-order valence-corrected chi connectivity index (χ2v) is 5.49. The van der Waals surface area contributed by atoms with E-state index in [1.165, 1.54) is 0 Å². The minimum absolute atomic E-state index is 0.140. The second-order valence-electron chi connectivity index (χ2n) is 4.67. The SMILES string of the molecule is COCC(C)Nc1nccn1-c1cc(Cl)c(C)cc1Cl. The van der Waals surface area contributed by atoms with E-state index in [0.717, 1.165) is 11.3 Å². The normalized spacial score (nSPS) is 12.4. The van der Waals surface area contributed by atoms with E-state index in [1.54, 1.807) is 13.3 Å². The lowest BCUT2D eigenvalue weighted by Crippen LogP contribution is -2.22. The molecule has 2 aromatic rings. The van der Waals surface area contributed by atoms with Gasteiger partial charge in [0, 0.05) is 30.6 Å². The van der Waals surface area contributed by atoms with E-state index in [9.17, 15) is 0 Å². The van der Waals surface area contributed by atoms with Crippen molar-refractivity contribution in [2.45, 2.75) is 19.9 Å². The maximum atomic E-state index is 6.30. The first-order valence-electron chi connectivity index (χ1n) is 6.27. The molecule has 20 heavy (non-hydrogen) atoms. The Bertz CT molecular complexity index is 598. The fourth-order valence-corrected chi connectivity index (χ4v) is 2.40. The van der Waals surface area contributed by atoms with Gasteiger partial charge < -0.3 is 10.1 Å². The van der Waals surface area contributed by atoms with Crippen LogP contribution < -0.4 is 5.32 Å². The molecular weight excluding hydrogens is 297 g/mol. The van der Waals surface area contributed by atoms with E-state index in [2.05, 4.69) is 10.3 Å². The van der Waals surface area contributed by atoms with Crippen molar-refractivity contribution in [3.63, 3.8) is 0 Å². The number of aryl methyl sites for hydroxylation is 1. The molecule has 0 bridgehead atoms. The molecule has 6 heteroatoms. The van der Waals surface area contributed by atoms with Crippen molar-refractivity contribution in [2.24, 2.45) is 0 Å². The van der Waals surface area contributed by atoms with Crippen LogP contribution in [0.1, 0.15) is 12.5 Å². The lowest BCUT2D eigenvalue weighted by Gasteiger charge is -2.16. The van der Waals surface area contributed by atoms with Crippen LogP contribution in [-0.4, -0.2) is 29.3 Å². The summed E-state index contributed by atoms with van der Waals surface area (Å²) in [4.78, 5) is 4.30. The molecule has 1 aromatic heterocycles. The molecule has 1 heterocycles. The maximum absolute atomic E-state index is 6.30. The summed E-state index contributed by atoms with van der Waals surface area (Å²) in [6, 6.07) is 3.83. The van der Waals surface area contributed by atoms with Crippen LogP contribution in [0, 0.1) is 6.92 Å². The Morgan fingerprint density at radius 3 is 2.80 bits per heavy atom. The van der Waals surface area contributed by atoms with Crippen molar-refractivity contribution in [1.29, 1.82) is 0 Å². The summed E-state index contributed by atoms with van der Waals surface area (Å²) in [7, 11) is 1.67. The van der Waals surface area contributed by atoms with Crippen LogP contribution in [0.15, 0.2) is 24.5 Å². The van der Waals surface area contributed by atoms with Gasteiger partial charge >= 0.3 is 0 Å². The summed E-state index contributed by atoms with van der Waals surface area (Å²) in [6.07, 6.45) is 3.56. The van der Waals surface area contributed by atoms with Crippen LogP contribution in [0.2, 0.25) is 10.0 Å². The molecule has 0 aliphatic carbocycles. The Kier molecular flexibility index (Phi) is 4.91. The highest BCUT2D eigenvalue weighted by Gasteiger charge is 2.12. The molecule has 0 amide bonds. The van der Waals surface area contributed by atoms with E-state index in [-0.39, 0.29) is 6.04 Å². The number of halogens is 2. The van der Waals surface area contributed by atoms with E-state index in [1.807, 2.05) is 36.7 Å². The molecule has 0 radical (unpaired) electrons. The Balaban J connectivity index is 2.35. The number of nitrogens with zero attached hydrogens (tertiary/aromatic N) is 2. The third-order valence-electron chi connectivity index (χ3n) is 2.92. The Hall–Kier alpha value is -1.23. The highest BCUT2D eigenvalue weighted by Crippen LogP contribution is 2.29. The minimum Gasteiger partial charge on any atom is -0.383 e. The smallest absolute Gasteiger partial charge is 0.207 e. The monoisotopic (exact) mass is 313 g/mol. The summed E-state index contributed by atoms with van der Waals surface area (Å²) < 4.78 is 6.98. The topological polar surface area (TPSA) is 39.1 Å². The number of anilines is 1. The van der Waals surface area contributed by atoms with Gasteiger partial charge in [-0.05, 0) is 31.5 Å². The summed E-state index contributed by atoms with van der Waals surface area (Å²) in [5.74, 6) is 0.705. The average Bonchev–Trinajstić information content (AvgIpc) is 2.82. The number of ether oxygens (including phenoxy) is 1. The van der Waals surface area contributed by atoms with E-state index in [4.69, 9.17) is 27.9 Å². The van der Waals surface area contributed by atoms with Crippen LogP contribution in [0.5, 0.6) is 0 Å². The van der Waals surface area contributed by atoms with Gasteiger partial charge in [-0.25, -0.2) is 4.98 Å².